The molecule has 2 aliphatic heterocycles. The van der Waals surface area contributed by atoms with Crippen LogP contribution in [0.4, 0.5) is 5.69 Å². The first-order valence-electron chi connectivity index (χ1n) is 7.11. The third-order valence-electron chi connectivity index (χ3n) is 4.26. The molecule has 2 aromatic rings. The highest BCUT2D eigenvalue weighted by Crippen LogP contribution is 2.41. The molecule has 5 heteroatoms. The summed E-state index contributed by atoms with van der Waals surface area (Å²) < 4.78 is 0. The molecule has 1 aromatic carbocycles. The number of hydrogen-bond donors (Lipinski definition) is 2. The molecule has 0 bridgehead atoms. The van der Waals surface area contributed by atoms with Gasteiger partial charge in [-0.1, -0.05) is 18.2 Å². The van der Waals surface area contributed by atoms with E-state index in [1.165, 1.54) is 0 Å². The molecule has 0 saturated carbocycles. The van der Waals surface area contributed by atoms with Gasteiger partial charge in [0.1, 0.15) is 6.17 Å². The first kappa shape index (κ1) is 12.3. The highest BCUT2D eigenvalue weighted by molar-refractivity contribution is 6.03. The predicted molar refractivity (Wildman–Crippen MR) is 79.8 cm³/mol. The van der Waals surface area contributed by atoms with Gasteiger partial charge in [0, 0.05) is 30.5 Å². The van der Waals surface area contributed by atoms with E-state index in [1.807, 2.05) is 30.3 Å². The number of nitrogens with zero attached hydrogens (tertiary/aromatic N) is 2. The summed E-state index contributed by atoms with van der Waals surface area (Å²) in [6, 6.07) is 9.66. The Bertz CT molecular complexity index is 701. The van der Waals surface area contributed by atoms with Crippen LogP contribution in [-0.4, -0.2) is 17.4 Å². The topological polar surface area (TPSA) is 71.2 Å². The lowest BCUT2D eigenvalue weighted by Gasteiger charge is -2.44. The largest absolute Gasteiger partial charge is 0.346 e. The van der Waals surface area contributed by atoms with Gasteiger partial charge in [-0.3, -0.25) is 9.78 Å². The zero-order chi connectivity index (χ0) is 14.4. The minimum absolute atomic E-state index is 0.00310. The van der Waals surface area contributed by atoms with E-state index >= 15 is 0 Å². The van der Waals surface area contributed by atoms with E-state index in [0.717, 1.165) is 29.8 Å². The van der Waals surface area contributed by atoms with Gasteiger partial charge in [0.2, 0.25) is 0 Å². The van der Waals surface area contributed by atoms with Crippen LogP contribution >= 0.6 is 0 Å². The Labute approximate surface area is 122 Å². The standard InChI is InChI=1S/C16H16N4O/c17-13-6-8-20-14-11(13)4-1-5-12(14)16(21)19-15(20)10-3-2-7-18-9-10/h1-5,7,9,13,15H,6,8,17H2,(H,19,21)/t13-,15-/m0/s1. The maximum absolute atomic E-state index is 12.4. The zero-order valence-corrected chi connectivity index (χ0v) is 11.5. The zero-order valence-electron chi connectivity index (χ0n) is 11.5. The summed E-state index contributed by atoms with van der Waals surface area (Å²) in [5, 5.41) is 3.07. The predicted octanol–water partition coefficient (Wildman–Crippen LogP) is 1.73. The average molecular weight is 280 g/mol. The number of rotatable bonds is 1. The molecule has 1 aromatic heterocycles. The Hall–Kier alpha value is -2.40. The van der Waals surface area contributed by atoms with Gasteiger partial charge in [0.05, 0.1) is 11.3 Å². The molecule has 106 valence electrons. The van der Waals surface area contributed by atoms with Crippen LogP contribution < -0.4 is 16.0 Å². The smallest absolute Gasteiger partial charge is 0.255 e. The van der Waals surface area contributed by atoms with E-state index in [0.29, 0.717) is 5.56 Å². The van der Waals surface area contributed by atoms with Gasteiger partial charge in [-0.25, -0.2) is 0 Å². The fraction of sp³-hybridized carbons (Fsp3) is 0.250. The average Bonchev–Trinajstić information content (AvgIpc) is 2.53. The lowest BCUT2D eigenvalue weighted by Crippen LogP contribution is -2.49. The van der Waals surface area contributed by atoms with Crippen molar-refractivity contribution in [1.29, 1.82) is 0 Å². The monoisotopic (exact) mass is 280 g/mol. The van der Waals surface area contributed by atoms with Crippen molar-refractivity contribution in [2.75, 3.05) is 11.4 Å². The maximum atomic E-state index is 12.4. The molecule has 21 heavy (non-hydrogen) atoms. The van der Waals surface area contributed by atoms with E-state index in [4.69, 9.17) is 5.73 Å². The van der Waals surface area contributed by atoms with E-state index in [9.17, 15) is 4.79 Å². The summed E-state index contributed by atoms with van der Waals surface area (Å²) in [6.45, 7) is 0.824. The van der Waals surface area contributed by atoms with Gasteiger partial charge in [-0.15, -0.1) is 0 Å². The second-order valence-corrected chi connectivity index (χ2v) is 5.49. The quantitative estimate of drug-likeness (QED) is 0.834. The first-order valence-corrected chi connectivity index (χ1v) is 7.11. The van der Waals surface area contributed by atoms with Gasteiger partial charge >= 0.3 is 0 Å². The third-order valence-corrected chi connectivity index (χ3v) is 4.26. The number of carbonyl (C=O) groups excluding carboxylic acids is 1. The van der Waals surface area contributed by atoms with Crippen molar-refractivity contribution in [2.24, 2.45) is 5.73 Å². The molecule has 0 unspecified atom stereocenters. The molecule has 5 nitrogen and oxygen atoms in total. The summed E-state index contributed by atoms with van der Waals surface area (Å²) in [5.41, 5.74) is 9.95. The number of carbonyl (C=O) groups is 1. The Balaban J connectivity index is 1.88. The molecule has 2 atom stereocenters. The first-order chi connectivity index (χ1) is 10.3. The van der Waals surface area contributed by atoms with Gasteiger partial charge in [-0.2, -0.15) is 0 Å². The molecule has 0 fully saturated rings. The van der Waals surface area contributed by atoms with Crippen LogP contribution in [-0.2, 0) is 0 Å². The molecule has 3 N–H and O–H groups in total. The second-order valence-electron chi connectivity index (χ2n) is 5.49. The molecule has 0 aliphatic carbocycles. The van der Waals surface area contributed by atoms with Crippen molar-refractivity contribution < 1.29 is 4.79 Å². The van der Waals surface area contributed by atoms with Crippen LogP contribution in [0.1, 0.15) is 40.1 Å². The van der Waals surface area contributed by atoms with Crippen LogP contribution in [0, 0.1) is 0 Å². The number of benzene rings is 1. The van der Waals surface area contributed by atoms with Gasteiger partial charge < -0.3 is 16.0 Å². The minimum atomic E-state index is -0.174. The number of hydrogen-bond acceptors (Lipinski definition) is 4. The number of amides is 1. The summed E-state index contributed by atoms with van der Waals surface area (Å²) in [5.74, 6) is -0.0500. The molecule has 1 amide bonds. The SMILES string of the molecule is N[C@H]1CCN2c3c(cccc31)C(=O)N[C@@H]2c1cccnc1. The molecule has 0 radical (unpaired) electrons. The highest BCUT2D eigenvalue weighted by Gasteiger charge is 2.37. The lowest BCUT2D eigenvalue weighted by atomic mass is 9.91. The Morgan fingerprint density at radius 3 is 3.00 bits per heavy atom. The normalized spacial score (nSPS) is 23.5. The van der Waals surface area contributed by atoms with E-state index in [1.54, 1.807) is 12.4 Å². The molecular weight excluding hydrogens is 264 g/mol. The van der Waals surface area contributed by atoms with Crippen molar-refractivity contribution in [3.63, 3.8) is 0 Å². The van der Waals surface area contributed by atoms with Gasteiger partial charge in [-0.05, 0) is 24.1 Å². The Morgan fingerprint density at radius 1 is 1.29 bits per heavy atom. The highest BCUT2D eigenvalue weighted by atomic mass is 16.2. The number of pyridine rings is 1. The fourth-order valence-corrected chi connectivity index (χ4v) is 3.25. The van der Waals surface area contributed by atoms with Crippen molar-refractivity contribution in [3.8, 4) is 0 Å². The van der Waals surface area contributed by atoms with Gasteiger partial charge in [0.15, 0.2) is 0 Å². The number of para-hydroxylation sites is 1. The molecule has 3 heterocycles. The minimum Gasteiger partial charge on any atom is -0.346 e. The van der Waals surface area contributed by atoms with E-state index in [2.05, 4.69) is 15.2 Å². The van der Waals surface area contributed by atoms with Crippen LogP contribution in [0.5, 0.6) is 0 Å². The van der Waals surface area contributed by atoms with Crippen LogP contribution in [0.2, 0.25) is 0 Å². The maximum Gasteiger partial charge on any atom is 0.255 e. The van der Waals surface area contributed by atoms with E-state index in [-0.39, 0.29) is 18.1 Å². The molecular formula is C16H16N4O. The number of anilines is 1. The Kier molecular flexibility index (Phi) is 2.68. The van der Waals surface area contributed by atoms with E-state index < -0.39 is 0 Å². The fourth-order valence-electron chi connectivity index (χ4n) is 3.25. The summed E-state index contributed by atoms with van der Waals surface area (Å²) >= 11 is 0. The molecule has 0 spiro atoms. The number of nitrogens with one attached hydrogen (secondary N) is 1. The molecule has 2 aliphatic rings. The van der Waals surface area contributed by atoms with Crippen molar-refractivity contribution in [2.45, 2.75) is 18.6 Å². The lowest BCUT2D eigenvalue weighted by molar-refractivity contribution is 0.0925. The number of nitrogens with two attached hydrogens (primary N) is 1. The second kappa shape index (κ2) is 4.56. The van der Waals surface area contributed by atoms with Crippen LogP contribution in [0.25, 0.3) is 0 Å². The van der Waals surface area contributed by atoms with Gasteiger partial charge in [0.25, 0.3) is 5.91 Å². The van der Waals surface area contributed by atoms with Crippen molar-refractivity contribution in [1.82, 2.24) is 10.3 Å². The Morgan fingerprint density at radius 2 is 2.19 bits per heavy atom. The summed E-state index contributed by atoms with van der Waals surface area (Å²) in [4.78, 5) is 18.8. The van der Waals surface area contributed by atoms with Crippen LogP contribution in [0.15, 0.2) is 42.7 Å². The molecule has 0 saturated heterocycles. The van der Waals surface area contributed by atoms with Crippen molar-refractivity contribution >= 4 is 11.6 Å². The molecule has 4 rings (SSSR count). The third kappa shape index (κ3) is 1.81. The van der Waals surface area contributed by atoms with Crippen LogP contribution in [0.3, 0.4) is 0 Å². The number of aromatic nitrogens is 1. The summed E-state index contributed by atoms with van der Waals surface area (Å²) in [7, 11) is 0. The summed E-state index contributed by atoms with van der Waals surface area (Å²) in [6.07, 6.45) is 4.24. The van der Waals surface area contributed by atoms with Crippen molar-refractivity contribution in [3.05, 3.63) is 59.4 Å².